The molecule has 1 spiro atoms. The molecule has 2 aliphatic heterocycles. The second-order valence-corrected chi connectivity index (χ2v) is 6.62. The first-order valence-electron chi connectivity index (χ1n) is 7.30. The summed E-state index contributed by atoms with van der Waals surface area (Å²) in [5.74, 6) is 0.0627. The van der Waals surface area contributed by atoms with Gasteiger partial charge in [-0.1, -0.05) is 11.6 Å². The number of benzene rings is 1. The smallest absolute Gasteiger partial charge is 0.254 e. The first-order chi connectivity index (χ1) is 10.2. The summed E-state index contributed by atoms with van der Waals surface area (Å²) in [6.45, 7) is 3.75. The van der Waals surface area contributed by atoms with Gasteiger partial charge in [0.1, 0.15) is 0 Å². The molecule has 0 aliphatic carbocycles. The zero-order chi connectivity index (χ0) is 14.4. The van der Waals surface area contributed by atoms with Gasteiger partial charge in [0.05, 0.1) is 17.3 Å². The fraction of sp³-hybridized carbons (Fsp3) is 0.467. The summed E-state index contributed by atoms with van der Waals surface area (Å²) in [5.41, 5.74) is 1.74. The predicted molar refractivity (Wildman–Crippen MR) is 81.5 cm³/mol. The zero-order valence-corrected chi connectivity index (χ0v) is 12.4. The molecule has 1 aromatic heterocycles. The molecule has 2 N–H and O–H groups in total. The fourth-order valence-electron chi connectivity index (χ4n) is 3.62. The molecule has 1 aromatic carbocycles. The minimum absolute atomic E-state index is 0.0627. The molecule has 2 aliphatic rings. The molecule has 6 heteroatoms. The van der Waals surface area contributed by atoms with Crippen LogP contribution in [0.3, 0.4) is 0 Å². The van der Waals surface area contributed by atoms with Crippen molar-refractivity contribution in [3.8, 4) is 0 Å². The summed E-state index contributed by atoms with van der Waals surface area (Å²) in [7, 11) is 0. The number of nitrogens with one attached hydrogen (secondary N) is 2. The lowest BCUT2D eigenvalue weighted by Crippen LogP contribution is -2.33. The summed E-state index contributed by atoms with van der Waals surface area (Å²) in [6, 6.07) is 3.55. The summed E-state index contributed by atoms with van der Waals surface area (Å²) in [4.78, 5) is 14.8. The normalized spacial score (nSPS) is 25.3. The number of nitrogens with zero attached hydrogens (tertiary/aromatic N) is 2. The van der Waals surface area contributed by atoms with Gasteiger partial charge >= 0.3 is 0 Å². The van der Waals surface area contributed by atoms with E-state index in [1.54, 1.807) is 18.3 Å². The highest BCUT2D eigenvalue weighted by atomic mass is 35.5. The third kappa shape index (κ3) is 2.12. The van der Waals surface area contributed by atoms with E-state index in [0.29, 0.717) is 10.6 Å². The van der Waals surface area contributed by atoms with E-state index in [2.05, 4.69) is 15.5 Å². The van der Waals surface area contributed by atoms with Gasteiger partial charge in [-0.3, -0.25) is 9.89 Å². The number of rotatable bonds is 1. The van der Waals surface area contributed by atoms with E-state index < -0.39 is 0 Å². The highest BCUT2D eigenvalue weighted by molar-refractivity contribution is 6.32. The number of aromatic nitrogens is 2. The van der Waals surface area contributed by atoms with Crippen LogP contribution in [0.15, 0.2) is 18.3 Å². The largest absolute Gasteiger partial charge is 0.338 e. The molecule has 2 fully saturated rings. The van der Waals surface area contributed by atoms with Gasteiger partial charge in [-0.25, -0.2) is 0 Å². The van der Waals surface area contributed by atoms with Crippen molar-refractivity contribution in [3.63, 3.8) is 0 Å². The molecule has 1 amide bonds. The zero-order valence-electron chi connectivity index (χ0n) is 11.7. The number of aromatic amines is 1. The second kappa shape index (κ2) is 4.71. The standard InChI is InChI=1S/C15H17ClN4O/c16-10-5-11(12-7-18-19-13(12)6-10)14(21)20-4-2-15(9-20)1-3-17-8-15/h5-7,17H,1-4,8-9H2,(H,18,19)/t15-/m0/s1. The molecule has 5 nitrogen and oxygen atoms in total. The van der Waals surface area contributed by atoms with Gasteiger partial charge in [0, 0.05) is 35.5 Å². The Hall–Kier alpha value is -1.59. The average molecular weight is 305 g/mol. The van der Waals surface area contributed by atoms with Crippen molar-refractivity contribution in [3.05, 3.63) is 28.9 Å². The number of hydrogen-bond acceptors (Lipinski definition) is 3. The number of H-pyrrole nitrogens is 1. The highest BCUT2D eigenvalue weighted by Gasteiger charge is 2.42. The lowest BCUT2D eigenvalue weighted by molar-refractivity contribution is 0.0777. The van der Waals surface area contributed by atoms with Crippen molar-refractivity contribution < 1.29 is 4.79 Å². The van der Waals surface area contributed by atoms with Crippen molar-refractivity contribution in [2.75, 3.05) is 26.2 Å². The van der Waals surface area contributed by atoms with Crippen molar-refractivity contribution in [1.29, 1.82) is 0 Å². The quantitative estimate of drug-likeness (QED) is 0.847. The van der Waals surface area contributed by atoms with Crippen molar-refractivity contribution in [2.24, 2.45) is 5.41 Å². The molecule has 4 rings (SSSR count). The summed E-state index contributed by atoms with van der Waals surface area (Å²) >= 11 is 6.12. The van der Waals surface area contributed by atoms with Gasteiger partial charge in [-0.05, 0) is 31.5 Å². The minimum atomic E-state index is 0.0627. The number of halogens is 1. The molecule has 0 saturated carbocycles. The Labute approximate surface area is 127 Å². The van der Waals surface area contributed by atoms with Crippen LogP contribution in [0, 0.1) is 5.41 Å². The van der Waals surface area contributed by atoms with E-state index in [9.17, 15) is 4.79 Å². The maximum atomic E-state index is 12.9. The topological polar surface area (TPSA) is 61.0 Å². The molecular weight excluding hydrogens is 288 g/mol. The predicted octanol–water partition coefficient (Wildman–Crippen LogP) is 2.04. The lowest BCUT2D eigenvalue weighted by Gasteiger charge is -2.23. The Morgan fingerprint density at radius 3 is 3.10 bits per heavy atom. The SMILES string of the molecule is O=C(c1cc(Cl)cc2[nH]ncc12)N1CC[C@]2(CCNC2)C1. The number of fused-ring (bicyclic) bond motifs is 1. The number of carbonyl (C=O) groups is 1. The van der Waals surface area contributed by atoms with Crippen LogP contribution in [-0.2, 0) is 0 Å². The second-order valence-electron chi connectivity index (χ2n) is 6.19. The van der Waals surface area contributed by atoms with E-state index in [1.165, 1.54) is 0 Å². The first kappa shape index (κ1) is 13.1. The van der Waals surface area contributed by atoms with Gasteiger partial charge in [0.2, 0.25) is 0 Å². The maximum absolute atomic E-state index is 12.9. The highest BCUT2D eigenvalue weighted by Crippen LogP contribution is 2.37. The lowest BCUT2D eigenvalue weighted by atomic mass is 9.86. The van der Waals surface area contributed by atoms with Crippen LogP contribution in [0.5, 0.6) is 0 Å². The van der Waals surface area contributed by atoms with E-state index in [1.807, 2.05) is 4.90 Å². The molecule has 3 heterocycles. The molecular formula is C15H17ClN4O. The maximum Gasteiger partial charge on any atom is 0.254 e. The Balaban J connectivity index is 1.66. The number of hydrogen-bond donors (Lipinski definition) is 2. The van der Waals surface area contributed by atoms with Crippen LogP contribution in [0.2, 0.25) is 5.02 Å². The van der Waals surface area contributed by atoms with Crippen LogP contribution in [-0.4, -0.2) is 47.2 Å². The average Bonchev–Trinajstić information content (AvgIpc) is 3.19. The van der Waals surface area contributed by atoms with Gasteiger partial charge in [-0.2, -0.15) is 5.10 Å². The molecule has 2 saturated heterocycles. The van der Waals surface area contributed by atoms with Crippen LogP contribution >= 0.6 is 11.6 Å². The molecule has 21 heavy (non-hydrogen) atoms. The van der Waals surface area contributed by atoms with Crippen molar-refractivity contribution in [1.82, 2.24) is 20.4 Å². The van der Waals surface area contributed by atoms with Crippen LogP contribution in [0.1, 0.15) is 23.2 Å². The number of likely N-dealkylation sites (tertiary alicyclic amines) is 1. The monoisotopic (exact) mass is 304 g/mol. The third-order valence-electron chi connectivity index (χ3n) is 4.81. The van der Waals surface area contributed by atoms with E-state index in [4.69, 9.17) is 11.6 Å². The van der Waals surface area contributed by atoms with Gasteiger partial charge < -0.3 is 10.2 Å². The van der Waals surface area contributed by atoms with E-state index in [-0.39, 0.29) is 11.3 Å². The molecule has 110 valence electrons. The van der Waals surface area contributed by atoms with Crippen LogP contribution < -0.4 is 5.32 Å². The fourth-order valence-corrected chi connectivity index (χ4v) is 3.83. The van der Waals surface area contributed by atoms with Crippen LogP contribution in [0.25, 0.3) is 10.9 Å². The number of carbonyl (C=O) groups excluding carboxylic acids is 1. The van der Waals surface area contributed by atoms with Crippen molar-refractivity contribution in [2.45, 2.75) is 12.8 Å². The molecule has 0 unspecified atom stereocenters. The number of amides is 1. The Morgan fingerprint density at radius 2 is 2.29 bits per heavy atom. The van der Waals surface area contributed by atoms with Gasteiger partial charge in [0.25, 0.3) is 5.91 Å². The molecule has 2 aromatic rings. The summed E-state index contributed by atoms with van der Waals surface area (Å²) in [6.07, 6.45) is 3.94. The van der Waals surface area contributed by atoms with Gasteiger partial charge in [-0.15, -0.1) is 0 Å². The Bertz CT molecular complexity index is 705. The first-order valence-corrected chi connectivity index (χ1v) is 7.67. The third-order valence-corrected chi connectivity index (χ3v) is 5.03. The van der Waals surface area contributed by atoms with Crippen LogP contribution in [0.4, 0.5) is 0 Å². The molecule has 0 bridgehead atoms. The van der Waals surface area contributed by atoms with E-state index in [0.717, 1.165) is 49.9 Å². The summed E-state index contributed by atoms with van der Waals surface area (Å²) in [5, 5.41) is 11.7. The molecule has 0 radical (unpaired) electrons. The van der Waals surface area contributed by atoms with Gasteiger partial charge in [0.15, 0.2) is 0 Å². The Morgan fingerprint density at radius 1 is 1.38 bits per heavy atom. The summed E-state index contributed by atoms with van der Waals surface area (Å²) < 4.78 is 0. The minimum Gasteiger partial charge on any atom is -0.338 e. The van der Waals surface area contributed by atoms with E-state index >= 15 is 0 Å². The molecule has 1 atom stereocenters. The Kier molecular flexibility index (Phi) is 2.94. The van der Waals surface area contributed by atoms with Crippen molar-refractivity contribution >= 4 is 28.4 Å².